The minimum Gasteiger partial charge on any atom is -0.338 e. The van der Waals surface area contributed by atoms with Crippen molar-refractivity contribution in [1.29, 1.82) is 5.26 Å². The molecule has 1 aromatic rings. The number of benzene rings is 1. The second-order valence-corrected chi connectivity index (χ2v) is 6.44. The summed E-state index contributed by atoms with van der Waals surface area (Å²) in [6, 6.07) is 11.2. The van der Waals surface area contributed by atoms with E-state index in [1.807, 2.05) is 6.20 Å². The highest BCUT2D eigenvalue weighted by molar-refractivity contribution is 5.51. The minimum absolute atomic E-state index is 0.163. The van der Waals surface area contributed by atoms with Gasteiger partial charge in [-0.2, -0.15) is 5.26 Å². The monoisotopic (exact) mass is 282 g/mol. The molecule has 0 amide bonds. The van der Waals surface area contributed by atoms with Gasteiger partial charge in [0, 0.05) is 24.4 Å². The van der Waals surface area contributed by atoms with Gasteiger partial charge in [-0.25, -0.2) is 0 Å². The van der Waals surface area contributed by atoms with Gasteiger partial charge in [-0.3, -0.25) is 0 Å². The van der Waals surface area contributed by atoms with E-state index in [2.05, 4.69) is 75.2 Å². The largest absolute Gasteiger partial charge is 0.338 e. The molecular formula is C19H26N2. The second-order valence-electron chi connectivity index (χ2n) is 6.44. The zero-order valence-electron chi connectivity index (χ0n) is 13.7. The van der Waals surface area contributed by atoms with Gasteiger partial charge in [0.1, 0.15) is 0 Å². The van der Waals surface area contributed by atoms with Gasteiger partial charge in [-0.1, -0.05) is 39.5 Å². The van der Waals surface area contributed by atoms with Crippen LogP contribution in [0, 0.1) is 11.3 Å². The molecule has 1 unspecified atom stereocenters. The molecule has 1 aromatic carbocycles. The van der Waals surface area contributed by atoms with Crippen molar-refractivity contribution in [3.63, 3.8) is 0 Å². The Morgan fingerprint density at radius 3 is 2.38 bits per heavy atom. The third-order valence-electron chi connectivity index (χ3n) is 3.65. The Morgan fingerprint density at radius 1 is 1.29 bits per heavy atom. The fourth-order valence-electron chi connectivity index (χ4n) is 2.30. The Kier molecular flexibility index (Phi) is 6.28. The molecule has 0 saturated heterocycles. The van der Waals surface area contributed by atoms with E-state index in [0.717, 1.165) is 18.5 Å². The van der Waals surface area contributed by atoms with Crippen molar-refractivity contribution in [2.24, 2.45) is 0 Å². The Bertz CT molecular complexity index is 522. The van der Waals surface area contributed by atoms with E-state index in [1.165, 1.54) is 5.56 Å². The average molecular weight is 282 g/mol. The molecule has 112 valence electrons. The van der Waals surface area contributed by atoms with E-state index < -0.39 is 0 Å². The van der Waals surface area contributed by atoms with Crippen molar-refractivity contribution in [1.82, 2.24) is 0 Å². The lowest BCUT2D eigenvalue weighted by Crippen LogP contribution is -2.27. The summed E-state index contributed by atoms with van der Waals surface area (Å²) in [7, 11) is 0. The summed E-state index contributed by atoms with van der Waals surface area (Å²) in [5.41, 5.74) is 5.50. The van der Waals surface area contributed by atoms with Gasteiger partial charge in [-0.15, -0.1) is 5.73 Å². The van der Waals surface area contributed by atoms with Crippen LogP contribution in [-0.2, 0) is 5.41 Å². The van der Waals surface area contributed by atoms with Crippen LogP contribution in [0.5, 0.6) is 0 Å². The molecule has 21 heavy (non-hydrogen) atoms. The lowest BCUT2D eigenvalue weighted by Gasteiger charge is -2.28. The van der Waals surface area contributed by atoms with E-state index in [1.54, 1.807) is 0 Å². The van der Waals surface area contributed by atoms with Crippen LogP contribution in [0.3, 0.4) is 0 Å². The van der Waals surface area contributed by atoms with Gasteiger partial charge >= 0.3 is 0 Å². The van der Waals surface area contributed by atoms with Gasteiger partial charge in [0.05, 0.1) is 6.07 Å². The quantitative estimate of drug-likeness (QED) is 0.531. The molecule has 0 bridgehead atoms. The van der Waals surface area contributed by atoms with Crippen LogP contribution in [-0.4, -0.2) is 6.04 Å². The number of hydrogen-bond acceptors (Lipinski definition) is 2. The van der Waals surface area contributed by atoms with Crippen molar-refractivity contribution in [2.75, 3.05) is 4.90 Å². The van der Waals surface area contributed by atoms with Crippen molar-refractivity contribution < 1.29 is 0 Å². The molecule has 0 heterocycles. The number of unbranched alkanes of at least 4 members (excludes halogenated alkanes) is 1. The highest BCUT2D eigenvalue weighted by Gasteiger charge is 2.15. The summed E-state index contributed by atoms with van der Waals surface area (Å²) < 4.78 is 0. The molecule has 0 saturated carbocycles. The fraction of sp³-hybridized carbons (Fsp3) is 0.474. The molecule has 0 aliphatic rings. The van der Waals surface area contributed by atoms with Crippen molar-refractivity contribution in [3.8, 4) is 6.07 Å². The molecule has 0 aromatic heterocycles. The predicted octanol–water partition coefficient (Wildman–Crippen LogP) is 5.17. The zero-order chi connectivity index (χ0) is 15.9. The van der Waals surface area contributed by atoms with Crippen LogP contribution in [0.15, 0.2) is 42.8 Å². The molecule has 2 heteroatoms. The van der Waals surface area contributed by atoms with E-state index >= 15 is 0 Å². The third kappa shape index (κ3) is 5.14. The fourth-order valence-corrected chi connectivity index (χ4v) is 2.30. The zero-order valence-corrected chi connectivity index (χ0v) is 13.7. The lowest BCUT2D eigenvalue weighted by atomic mass is 9.87. The highest BCUT2D eigenvalue weighted by Crippen LogP contribution is 2.26. The van der Waals surface area contributed by atoms with E-state index in [9.17, 15) is 0 Å². The Hall–Kier alpha value is -1.97. The molecule has 2 nitrogen and oxygen atoms in total. The van der Waals surface area contributed by atoms with Crippen LogP contribution < -0.4 is 4.90 Å². The number of rotatable bonds is 6. The Morgan fingerprint density at radius 2 is 1.90 bits per heavy atom. The maximum absolute atomic E-state index is 8.65. The number of anilines is 1. The smallest absolute Gasteiger partial charge is 0.0621 e. The SMILES string of the molecule is C=C=CN(c1ccc(C(C)(C)C)cc1)C(C)CCCC#N. The maximum atomic E-state index is 8.65. The normalized spacial score (nSPS) is 12.1. The topological polar surface area (TPSA) is 27.0 Å². The first-order chi connectivity index (χ1) is 9.90. The van der Waals surface area contributed by atoms with Crippen LogP contribution >= 0.6 is 0 Å². The van der Waals surface area contributed by atoms with Gasteiger partial charge in [0.15, 0.2) is 0 Å². The number of nitriles is 1. The molecular weight excluding hydrogens is 256 g/mol. The average Bonchev–Trinajstić information content (AvgIpc) is 2.44. The van der Waals surface area contributed by atoms with E-state index in [0.29, 0.717) is 12.5 Å². The lowest BCUT2D eigenvalue weighted by molar-refractivity contribution is 0.589. The van der Waals surface area contributed by atoms with Crippen LogP contribution in [0.1, 0.15) is 52.5 Å². The number of hydrogen-bond donors (Lipinski definition) is 0. The highest BCUT2D eigenvalue weighted by atomic mass is 15.1. The Balaban J connectivity index is 2.91. The predicted molar refractivity (Wildman–Crippen MR) is 90.3 cm³/mol. The summed E-state index contributed by atoms with van der Waals surface area (Å²) in [5, 5.41) is 8.65. The third-order valence-corrected chi connectivity index (χ3v) is 3.65. The molecule has 1 atom stereocenters. The summed E-state index contributed by atoms with van der Waals surface area (Å²) in [6.07, 6.45) is 4.40. The first kappa shape index (κ1) is 17.1. The van der Waals surface area contributed by atoms with Crippen molar-refractivity contribution in [3.05, 3.63) is 48.3 Å². The van der Waals surface area contributed by atoms with Gasteiger partial charge in [-0.05, 0) is 42.9 Å². The first-order valence-electron chi connectivity index (χ1n) is 7.52. The molecule has 0 spiro atoms. The van der Waals surface area contributed by atoms with Crippen LogP contribution in [0.25, 0.3) is 0 Å². The summed E-state index contributed by atoms with van der Waals surface area (Å²) >= 11 is 0. The molecule has 0 radical (unpaired) electrons. The maximum Gasteiger partial charge on any atom is 0.0621 e. The molecule has 0 N–H and O–H groups in total. The van der Waals surface area contributed by atoms with E-state index in [-0.39, 0.29) is 5.41 Å². The summed E-state index contributed by atoms with van der Waals surface area (Å²) in [6.45, 7) is 12.5. The van der Waals surface area contributed by atoms with Crippen molar-refractivity contribution >= 4 is 5.69 Å². The van der Waals surface area contributed by atoms with Gasteiger partial charge in [0.2, 0.25) is 0 Å². The summed E-state index contributed by atoms with van der Waals surface area (Å²) in [5.74, 6) is 0. The standard InChI is InChI=1S/C19H26N2/c1-6-15-21(16(2)9-7-8-14-20)18-12-10-17(11-13-18)19(3,4)5/h10-13,15-16H,1,7-9H2,2-5H3. The first-order valence-corrected chi connectivity index (χ1v) is 7.52. The molecule has 0 fully saturated rings. The number of nitrogens with zero attached hydrogens (tertiary/aromatic N) is 2. The molecule has 1 rings (SSSR count). The van der Waals surface area contributed by atoms with Gasteiger partial charge in [0.25, 0.3) is 0 Å². The van der Waals surface area contributed by atoms with E-state index in [4.69, 9.17) is 5.26 Å². The van der Waals surface area contributed by atoms with Gasteiger partial charge < -0.3 is 4.90 Å². The second kappa shape index (κ2) is 7.72. The summed E-state index contributed by atoms with van der Waals surface area (Å²) in [4.78, 5) is 2.18. The molecule has 0 aliphatic heterocycles. The molecule has 0 aliphatic carbocycles. The van der Waals surface area contributed by atoms with Crippen LogP contribution in [0.2, 0.25) is 0 Å². The van der Waals surface area contributed by atoms with Crippen LogP contribution in [0.4, 0.5) is 5.69 Å². The van der Waals surface area contributed by atoms with Crippen molar-refractivity contribution in [2.45, 2.75) is 58.4 Å². The Labute approximate surface area is 129 Å². The minimum atomic E-state index is 0.163.